The number of thiazole rings is 1. The lowest BCUT2D eigenvalue weighted by Crippen LogP contribution is -2.17. The van der Waals surface area contributed by atoms with Crippen LogP contribution in [-0.4, -0.2) is 10.9 Å². The van der Waals surface area contributed by atoms with Gasteiger partial charge in [0.25, 0.3) is 5.91 Å². The predicted octanol–water partition coefficient (Wildman–Crippen LogP) is 3.97. The predicted molar refractivity (Wildman–Crippen MR) is 80.2 cm³/mol. The summed E-state index contributed by atoms with van der Waals surface area (Å²) < 4.78 is 0. The van der Waals surface area contributed by atoms with Crippen LogP contribution < -0.4 is 5.32 Å². The van der Waals surface area contributed by atoms with Gasteiger partial charge in [-0.15, -0.1) is 22.7 Å². The molecule has 1 atom stereocenters. The number of nitrogens with one attached hydrogen (secondary N) is 1. The number of carbonyl (C=O) groups excluding carboxylic acids is 1. The van der Waals surface area contributed by atoms with Crippen LogP contribution in [0, 0.1) is 5.92 Å². The van der Waals surface area contributed by atoms with Gasteiger partial charge in [0.15, 0.2) is 5.13 Å². The molecule has 2 heterocycles. The summed E-state index contributed by atoms with van der Waals surface area (Å²) in [4.78, 5) is 17.8. The van der Waals surface area contributed by atoms with E-state index in [9.17, 15) is 4.79 Å². The molecule has 2 aromatic rings. The van der Waals surface area contributed by atoms with Gasteiger partial charge in [-0.05, 0) is 30.7 Å². The molecule has 1 amide bonds. The van der Waals surface area contributed by atoms with Crippen LogP contribution in [0.25, 0.3) is 0 Å². The van der Waals surface area contributed by atoms with E-state index in [1.807, 2.05) is 10.8 Å². The first-order valence-electron chi connectivity index (χ1n) is 6.58. The van der Waals surface area contributed by atoms with Gasteiger partial charge in [0.2, 0.25) is 0 Å². The van der Waals surface area contributed by atoms with Crippen molar-refractivity contribution in [3.05, 3.63) is 33.0 Å². The fraction of sp³-hybridized carbons (Fsp3) is 0.429. The number of nitrogens with zero attached hydrogens (tertiary/aromatic N) is 1. The van der Waals surface area contributed by atoms with Gasteiger partial charge in [-0.1, -0.05) is 13.3 Å². The molecule has 1 aliphatic rings. The molecular formula is C14H16N2OS2. The maximum Gasteiger partial charge on any atom is 0.258 e. The second-order valence-corrected chi connectivity index (χ2v) is 6.72. The van der Waals surface area contributed by atoms with Gasteiger partial charge < -0.3 is 0 Å². The van der Waals surface area contributed by atoms with Crippen LogP contribution in [0.4, 0.5) is 5.13 Å². The topological polar surface area (TPSA) is 42.0 Å². The number of aromatic nitrogens is 1. The van der Waals surface area contributed by atoms with E-state index in [-0.39, 0.29) is 5.91 Å². The first-order chi connectivity index (χ1) is 9.28. The monoisotopic (exact) mass is 292 g/mol. The summed E-state index contributed by atoms with van der Waals surface area (Å²) in [5.41, 5.74) is 2.12. The Morgan fingerprint density at radius 1 is 1.53 bits per heavy atom. The summed E-state index contributed by atoms with van der Waals surface area (Å²) in [6, 6.07) is 0. The first kappa shape index (κ1) is 12.8. The van der Waals surface area contributed by atoms with Crippen molar-refractivity contribution in [2.75, 3.05) is 5.32 Å². The van der Waals surface area contributed by atoms with Gasteiger partial charge >= 0.3 is 0 Å². The normalized spacial score (nSPS) is 18.1. The third kappa shape index (κ3) is 2.58. The minimum absolute atomic E-state index is 0.0117. The van der Waals surface area contributed by atoms with Gasteiger partial charge in [-0.2, -0.15) is 0 Å². The Balaban J connectivity index is 1.79. The first-order valence-corrected chi connectivity index (χ1v) is 8.34. The highest BCUT2D eigenvalue weighted by Crippen LogP contribution is 2.34. The number of carbonyl (C=O) groups is 1. The Bertz CT molecular complexity index is 574. The molecule has 2 aromatic heterocycles. The molecule has 0 fully saturated rings. The minimum Gasteiger partial charge on any atom is -0.298 e. The summed E-state index contributed by atoms with van der Waals surface area (Å²) in [6.07, 6.45) is 6.32. The minimum atomic E-state index is -0.0117. The average molecular weight is 292 g/mol. The largest absolute Gasteiger partial charge is 0.298 e. The van der Waals surface area contributed by atoms with E-state index in [1.165, 1.54) is 34.6 Å². The Hall–Kier alpha value is -1.20. The van der Waals surface area contributed by atoms with Gasteiger partial charge in [-0.3, -0.25) is 10.1 Å². The van der Waals surface area contributed by atoms with Crippen LogP contribution in [0.5, 0.6) is 0 Å². The third-order valence-corrected chi connectivity index (χ3v) is 5.47. The Morgan fingerprint density at radius 3 is 3.16 bits per heavy atom. The lowest BCUT2D eigenvalue weighted by atomic mass is 9.86. The fourth-order valence-electron chi connectivity index (χ4n) is 2.57. The molecule has 0 spiro atoms. The van der Waals surface area contributed by atoms with Crippen molar-refractivity contribution in [1.82, 2.24) is 4.98 Å². The van der Waals surface area contributed by atoms with E-state index in [0.29, 0.717) is 5.13 Å². The van der Waals surface area contributed by atoms with E-state index < -0.39 is 0 Å². The van der Waals surface area contributed by atoms with Crippen molar-refractivity contribution in [1.29, 1.82) is 0 Å². The summed E-state index contributed by atoms with van der Waals surface area (Å²) >= 11 is 3.18. The maximum atomic E-state index is 12.3. The van der Waals surface area contributed by atoms with Crippen molar-refractivity contribution in [2.45, 2.75) is 32.6 Å². The van der Waals surface area contributed by atoms with Crippen LogP contribution in [0.3, 0.4) is 0 Å². The van der Waals surface area contributed by atoms with E-state index in [1.54, 1.807) is 17.5 Å². The zero-order valence-electron chi connectivity index (χ0n) is 10.8. The van der Waals surface area contributed by atoms with Crippen LogP contribution >= 0.6 is 22.7 Å². The quantitative estimate of drug-likeness (QED) is 0.930. The second kappa shape index (κ2) is 5.43. The molecule has 0 aliphatic heterocycles. The summed E-state index contributed by atoms with van der Waals surface area (Å²) in [7, 11) is 0. The highest BCUT2D eigenvalue weighted by atomic mass is 32.1. The third-order valence-electron chi connectivity index (χ3n) is 3.73. The molecule has 0 aromatic carbocycles. The van der Waals surface area contributed by atoms with Gasteiger partial charge in [0, 0.05) is 21.8 Å². The van der Waals surface area contributed by atoms with Crippen molar-refractivity contribution in [3.8, 4) is 0 Å². The zero-order valence-corrected chi connectivity index (χ0v) is 12.4. The van der Waals surface area contributed by atoms with Crippen molar-refractivity contribution in [3.63, 3.8) is 0 Å². The Morgan fingerprint density at radius 2 is 2.42 bits per heavy atom. The van der Waals surface area contributed by atoms with Gasteiger partial charge in [0.05, 0.1) is 5.56 Å². The van der Waals surface area contributed by atoms with E-state index >= 15 is 0 Å². The van der Waals surface area contributed by atoms with E-state index in [4.69, 9.17) is 0 Å². The number of fused-ring (bicyclic) bond motifs is 1. The number of amides is 1. The lowest BCUT2D eigenvalue weighted by Gasteiger charge is -2.21. The van der Waals surface area contributed by atoms with Crippen molar-refractivity contribution in [2.24, 2.45) is 5.92 Å². The Labute approximate surface area is 120 Å². The van der Waals surface area contributed by atoms with Crippen LogP contribution in [0.2, 0.25) is 0 Å². The van der Waals surface area contributed by atoms with Gasteiger partial charge in [0.1, 0.15) is 0 Å². The summed E-state index contributed by atoms with van der Waals surface area (Å²) in [5.74, 6) is 0.781. The molecule has 0 saturated carbocycles. The molecule has 5 heteroatoms. The molecule has 1 aliphatic carbocycles. The summed E-state index contributed by atoms with van der Waals surface area (Å²) in [6.45, 7) is 2.25. The molecule has 3 nitrogen and oxygen atoms in total. The number of anilines is 1. The fourth-order valence-corrected chi connectivity index (χ4v) is 4.29. The van der Waals surface area contributed by atoms with Crippen LogP contribution in [0.1, 0.15) is 40.6 Å². The average Bonchev–Trinajstić information content (AvgIpc) is 3.06. The number of thiophene rings is 1. The maximum absolute atomic E-state index is 12.3. The van der Waals surface area contributed by atoms with Crippen molar-refractivity contribution < 1.29 is 4.79 Å². The molecular weight excluding hydrogens is 276 g/mol. The lowest BCUT2D eigenvalue weighted by molar-refractivity contribution is 0.102. The number of rotatable bonds is 3. The smallest absolute Gasteiger partial charge is 0.258 e. The molecule has 100 valence electrons. The number of hydrogen-bond acceptors (Lipinski definition) is 4. The Kier molecular flexibility index (Phi) is 3.66. The molecule has 19 heavy (non-hydrogen) atoms. The highest BCUT2D eigenvalue weighted by Gasteiger charge is 2.24. The van der Waals surface area contributed by atoms with Crippen molar-refractivity contribution >= 4 is 33.7 Å². The van der Waals surface area contributed by atoms with E-state index in [2.05, 4.69) is 17.2 Å². The highest BCUT2D eigenvalue weighted by molar-refractivity contribution is 7.13. The standard InChI is InChI=1S/C14H16N2OS2/c1-2-9-3-4-10-11(8-19-12(10)7-9)13(17)16-14-15-5-6-18-14/h5-6,8-9H,2-4,7H2,1H3,(H,15,16,17)/t9-/m0/s1. The SMILES string of the molecule is CC[C@H]1CCc2c(C(=O)Nc3nccs3)csc2C1. The molecule has 3 rings (SSSR count). The van der Waals surface area contributed by atoms with Gasteiger partial charge in [-0.25, -0.2) is 4.98 Å². The van der Waals surface area contributed by atoms with Crippen LogP contribution in [-0.2, 0) is 12.8 Å². The summed E-state index contributed by atoms with van der Waals surface area (Å²) in [5, 5.41) is 7.42. The second-order valence-electron chi connectivity index (χ2n) is 4.86. The molecule has 0 bridgehead atoms. The number of hydrogen-bond donors (Lipinski definition) is 1. The molecule has 1 N–H and O–H groups in total. The van der Waals surface area contributed by atoms with Crippen LogP contribution in [0.15, 0.2) is 17.0 Å². The molecule has 0 unspecified atom stereocenters. The molecule has 0 radical (unpaired) electrons. The van der Waals surface area contributed by atoms with E-state index in [0.717, 1.165) is 24.3 Å². The molecule has 0 saturated heterocycles. The zero-order chi connectivity index (χ0) is 13.2.